The van der Waals surface area contributed by atoms with E-state index in [-0.39, 0.29) is 0 Å². The Labute approximate surface area is 172 Å². The summed E-state index contributed by atoms with van der Waals surface area (Å²) in [6.45, 7) is 3.13. The number of carbonyl (C=O) groups excluding carboxylic acids is 1. The first-order chi connectivity index (χ1) is 13.8. The second-order valence-electron chi connectivity index (χ2n) is 9.06. The van der Waals surface area contributed by atoms with Crippen LogP contribution in [0, 0.1) is 5.92 Å². The van der Waals surface area contributed by atoms with Crippen molar-refractivity contribution in [2.24, 2.45) is 5.92 Å². The molecule has 2 atom stereocenters. The Morgan fingerprint density at radius 2 is 1.68 bits per heavy atom. The van der Waals surface area contributed by atoms with E-state index in [1.54, 1.807) is 11.8 Å². The molecular weight excluding hydrogens is 370 g/mol. The van der Waals surface area contributed by atoms with Gasteiger partial charge in [-0.15, -0.1) is 10.2 Å². The fourth-order valence-corrected chi connectivity index (χ4v) is 6.36. The third kappa shape index (κ3) is 3.79. The van der Waals surface area contributed by atoms with Crippen molar-refractivity contribution in [2.45, 2.75) is 87.9 Å². The molecule has 28 heavy (non-hydrogen) atoms. The van der Waals surface area contributed by atoms with E-state index in [0.29, 0.717) is 23.7 Å². The summed E-state index contributed by atoms with van der Waals surface area (Å²) in [5.41, 5.74) is 0. The number of thioether (sulfide) groups is 1. The molecule has 154 valence electrons. The summed E-state index contributed by atoms with van der Waals surface area (Å²) >= 11 is 1.61. The normalized spacial score (nSPS) is 28.3. The second kappa shape index (κ2) is 8.25. The topological polar surface area (TPSA) is 54.3 Å². The number of aromatic nitrogens is 3. The van der Waals surface area contributed by atoms with Gasteiger partial charge in [0, 0.05) is 31.7 Å². The maximum atomic E-state index is 13.1. The Balaban J connectivity index is 1.26. The molecular formula is C21H33N5OS. The monoisotopic (exact) mass is 403 g/mol. The molecule has 5 rings (SSSR count). The van der Waals surface area contributed by atoms with E-state index >= 15 is 0 Å². The van der Waals surface area contributed by atoms with E-state index in [2.05, 4.69) is 24.6 Å². The molecule has 4 fully saturated rings. The zero-order valence-corrected chi connectivity index (χ0v) is 17.7. The van der Waals surface area contributed by atoms with Crippen LogP contribution in [0.5, 0.6) is 0 Å². The highest BCUT2D eigenvalue weighted by molar-refractivity contribution is 7.99. The number of hydrogen-bond donors (Lipinski definition) is 0. The van der Waals surface area contributed by atoms with Crippen LogP contribution in [0.25, 0.3) is 0 Å². The average molecular weight is 404 g/mol. The standard InChI is InChI=1S/C21H33N5OS/c27-19(25-14-6-8-16-7-2-3-9-18(16)25)15-28-21-23-22-20(26(21)17-10-11-17)24-12-4-1-5-13-24/h16-18H,1-15H2/t16-,18+/m1/s1. The number of fused-ring (bicyclic) bond motifs is 1. The van der Waals surface area contributed by atoms with E-state index in [9.17, 15) is 4.79 Å². The fraction of sp³-hybridized carbons (Fsp3) is 0.857. The number of piperidine rings is 2. The fourth-order valence-electron chi connectivity index (χ4n) is 5.47. The van der Waals surface area contributed by atoms with Gasteiger partial charge in [-0.05, 0) is 63.7 Å². The molecule has 2 saturated heterocycles. The van der Waals surface area contributed by atoms with Crippen LogP contribution in [0.3, 0.4) is 0 Å². The average Bonchev–Trinajstić information content (AvgIpc) is 3.51. The van der Waals surface area contributed by atoms with Crippen molar-refractivity contribution < 1.29 is 4.79 Å². The maximum Gasteiger partial charge on any atom is 0.233 e. The van der Waals surface area contributed by atoms with Gasteiger partial charge in [-0.3, -0.25) is 9.36 Å². The highest BCUT2D eigenvalue weighted by Crippen LogP contribution is 2.41. The SMILES string of the molecule is O=C(CSc1nnc(N2CCCCC2)n1C1CC1)N1CCC[C@H]2CCCC[C@@H]21. The van der Waals surface area contributed by atoms with E-state index in [4.69, 9.17) is 0 Å². The summed E-state index contributed by atoms with van der Waals surface area (Å²) in [4.78, 5) is 17.7. The molecule has 0 unspecified atom stereocenters. The van der Waals surface area contributed by atoms with Gasteiger partial charge in [-0.2, -0.15) is 0 Å². The Bertz CT molecular complexity index is 695. The lowest BCUT2D eigenvalue weighted by Crippen LogP contribution is -2.50. The first kappa shape index (κ1) is 18.8. The molecule has 2 saturated carbocycles. The molecule has 0 N–H and O–H groups in total. The summed E-state index contributed by atoms with van der Waals surface area (Å²) in [6.07, 6.45) is 13.9. The van der Waals surface area contributed by atoms with Crippen LogP contribution in [0.15, 0.2) is 5.16 Å². The summed E-state index contributed by atoms with van der Waals surface area (Å²) in [5.74, 6) is 2.61. The Morgan fingerprint density at radius 1 is 0.893 bits per heavy atom. The Morgan fingerprint density at radius 3 is 2.50 bits per heavy atom. The van der Waals surface area contributed by atoms with Gasteiger partial charge in [0.25, 0.3) is 0 Å². The number of likely N-dealkylation sites (tertiary alicyclic amines) is 1. The van der Waals surface area contributed by atoms with Gasteiger partial charge in [-0.25, -0.2) is 0 Å². The molecule has 2 aliphatic carbocycles. The van der Waals surface area contributed by atoms with Crippen LogP contribution in [0.4, 0.5) is 5.95 Å². The number of carbonyl (C=O) groups is 1. The summed E-state index contributed by atoms with van der Waals surface area (Å²) in [7, 11) is 0. The number of nitrogens with zero attached hydrogens (tertiary/aromatic N) is 5. The van der Waals surface area contributed by atoms with Crippen LogP contribution in [-0.2, 0) is 4.79 Å². The summed E-state index contributed by atoms with van der Waals surface area (Å²) < 4.78 is 2.34. The summed E-state index contributed by atoms with van der Waals surface area (Å²) in [5, 5.41) is 10.0. The lowest BCUT2D eigenvalue weighted by atomic mass is 9.78. The van der Waals surface area contributed by atoms with E-state index in [0.717, 1.165) is 36.7 Å². The molecule has 0 aromatic carbocycles. The van der Waals surface area contributed by atoms with Crippen molar-refractivity contribution >= 4 is 23.6 Å². The smallest absolute Gasteiger partial charge is 0.233 e. The Kier molecular flexibility index (Phi) is 5.53. The summed E-state index contributed by atoms with van der Waals surface area (Å²) in [6, 6.07) is 1.04. The molecule has 1 aromatic heterocycles. The molecule has 4 aliphatic rings. The molecule has 1 aromatic rings. The molecule has 7 heteroatoms. The third-order valence-corrected chi connectivity index (χ3v) is 8.01. The largest absolute Gasteiger partial charge is 0.341 e. The van der Waals surface area contributed by atoms with E-state index in [1.807, 2.05) is 0 Å². The van der Waals surface area contributed by atoms with Crippen molar-refractivity contribution in [1.29, 1.82) is 0 Å². The minimum atomic E-state index is 0.312. The molecule has 0 radical (unpaired) electrons. The van der Waals surface area contributed by atoms with Crippen molar-refractivity contribution in [2.75, 3.05) is 30.3 Å². The molecule has 0 spiro atoms. The van der Waals surface area contributed by atoms with Gasteiger partial charge >= 0.3 is 0 Å². The van der Waals surface area contributed by atoms with Gasteiger partial charge in [-0.1, -0.05) is 24.6 Å². The first-order valence-corrected chi connectivity index (χ1v) is 12.4. The molecule has 2 aliphatic heterocycles. The van der Waals surface area contributed by atoms with Crippen molar-refractivity contribution in [3.63, 3.8) is 0 Å². The lowest BCUT2D eigenvalue weighted by molar-refractivity contribution is -0.134. The zero-order valence-electron chi connectivity index (χ0n) is 16.9. The zero-order chi connectivity index (χ0) is 18.9. The quantitative estimate of drug-likeness (QED) is 0.699. The molecule has 3 heterocycles. The van der Waals surface area contributed by atoms with Gasteiger partial charge in [0.1, 0.15) is 0 Å². The van der Waals surface area contributed by atoms with Gasteiger partial charge < -0.3 is 9.80 Å². The number of hydrogen-bond acceptors (Lipinski definition) is 5. The first-order valence-electron chi connectivity index (χ1n) is 11.4. The minimum Gasteiger partial charge on any atom is -0.341 e. The van der Waals surface area contributed by atoms with Gasteiger partial charge in [0.15, 0.2) is 5.16 Å². The van der Waals surface area contributed by atoms with Crippen molar-refractivity contribution in [1.82, 2.24) is 19.7 Å². The number of amides is 1. The molecule has 6 nitrogen and oxygen atoms in total. The van der Waals surface area contributed by atoms with Crippen molar-refractivity contribution in [3.05, 3.63) is 0 Å². The Hall–Kier alpha value is -1.24. The highest BCUT2D eigenvalue weighted by Gasteiger charge is 2.36. The van der Waals surface area contributed by atoms with E-state index in [1.165, 1.54) is 70.6 Å². The van der Waals surface area contributed by atoms with Gasteiger partial charge in [0.05, 0.1) is 5.75 Å². The number of rotatable bonds is 5. The van der Waals surface area contributed by atoms with Gasteiger partial charge in [0.2, 0.25) is 11.9 Å². The van der Waals surface area contributed by atoms with Crippen LogP contribution in [0.1, 0.15) is 76.7 Å². The third-order valence-electron chi connectivity index (χ3n) is 7.09. The molecule has 1 amide bonds. The van der Waals surface area contributed by atoms with E-state index < -0.39 is 0 Å². The minimum absolute atomic E-state index is 0.312. The van der Waals surface area contributed by atoms with Crippen molar-refractivity contribution in [3.8, 4) is 0 Å². The van der Waals surface area contributed by atoms with Crippen LogP contribution in [0.2, 0.25) is 0 Å². The van der Waals surface area contributed by atoms with Crippen LogP contribution < -0.4 is 4.90 Å². The lowest BCUT2D eigenvalue weighted by Gasteiger charge is -2.44. The van der Waals surface area contributed by atoms with Crippen LogP contribution >= 0.6 is 11.8 Å². The highest BCUT2D eigenvalue weighted by atomic mass is 32.2. The predicted octanol–water partition coefficient (Wildman–Crippen LogP) is 3.88. The molecule has 0 bridgehead atoms. The maximum absolute atomic E-state index is 13.1. The van der Waals surface area contributed by atoms with Crippen LogP contribution in [-0.4, -0.2) is 57.0 Å². The second-order valence-corrected chi connectivity index (χ2v) is 10.0. The predicted molar refractivity (Wildman–Crippen MR) is 112 cm³/mol. The number of anilines is 1.